The van der Waals surface area contributed by atoms with Gasteiger partial charge >= 0.3 is 0 Å². The smallest absolute Gasteiger partial charge is 0.149 e. The number of rotatable bonds is 3. The molecule has 0 aliphatic carbocycles. The third-order valence-electron chi connectivity index (χ3n) is 3.62. The van der Waals surface area contributed by atoms with Crippen LogP contribution >= 0.6 is 34.4 Å². The summed E-state index contributed by atoms with van der Waals surface area (Å²) in [5.74, 6) is 4.22. The lowest BCUT2D eigenvalue weighted by Crippen LogP contribution is -2.34. The number of hydrogen-bond donors (Lipinski definition) is 1. The fraction of sp³-hybridized carbons (Fsp3) is 0.733. The zero-order valence-corrected chi connectivity index (χ0v) is 16.5. The van der Waals surface area contributed by atoms with Gasteiger partial charge in [0.1, 0.15) is 11.6 Å². The van der Waals surface area contributed by atoms with Gasteiger partial charge in [0.05, 0.1) is 15.3 Å². The van der Waals surface area contributed by atoms with E-state index in [0.717, 1.165) is 39.7 Å². The highest BCUT2D eigenvalue weighted by molar-refractivity contribution is 14.1. The molecule has 1 aliphatic heterocycles. The van der Waals surface area contributed by atoms with Gasteiger partial charge in [-0.2, -0.15) is 11.8 Å². The lowest BCUT2D eigenvalue weighted by molar-refractivity contribution is 0.263. The van der Waals surface area contributed by atoms with Crippen LogP contribution in [-0.4, -0.2) is 46.5 Å². The molecule has 118 valence electrons. The average molecular weight is 420 g/mol. The zero-order chi connectivity index (χ0) is 15.6. The lowest BCUT2D eigenvalue weighted by atomic mass is 9.91. The van der Waals surface area contributed by atoms with Crippen molar-refractivity contribution in [3.63, 3.8) is 0 Å². The SMILES string of the molecule is CCNc1nc(C2CSCCN2C)nc(C(C)(C)C)c1I. The van der Waals surface area contributed by atoms with E-state index in [1.165, 1.54) is 5.75 Å². The molecule has 0 aromatic carbocycles. The van der Waals surface area contributed by atoms with Crippen LogP contribution in [0.5, 0.6) is 0 Å². The van der Waals surface area contributed by atoms with Crippen molar-refractivity contribution in [2.75, 3.05) is 37.0 Å². The summed E-state index contributed by atoms with van der Waals surface area (Å²) in [6.07, 6.45) is 0. The van der Waals surface area contributed by atoms with Gasteiger partial charge in [0.25, 0.3) is 0 Å². The molecule has 0 amide bonds. The number of nitrogens with zero attached hydrogens (tertiary/aromatic N) is 3. The third kappa shape index (κ3) is 4.01. The molecule has 2 rings (SSSR count). The van der Waals surface area contributed by atoms with Crippen LogP contribution in [0.15, 0.2) is 0 Å². The minimum atomic E-state index is 0.0266. The monoisotopic (exact) mass is 420 g/mol. The predicted octanol–water partition coefficient (Wildman–Crippen LogP) is 3.53. The highest BCUT2D eigenvalue weighted by atomic mass is 127. The van der Waals surface area contributed by atoms with Crippen LogP contribution < -0.4 is 5.32 Å². The maximum atomic E-state index is 4.95. The normalized spacial score (nSPS) is 20.6. The molecule has 0 radical (unpaired) electrons. The van der Waals surface area contributed by atoms with Crippen molar-refractivity contribution in [3.8, 4) is 0 Å². The second kappa shape index (κ2) is 7.00. The van der Waals surface area contributed by atoms with Gasteiger partial charge in [0.2, 0.25) is 0 Å². The highest BCUT2D eigenvalue weighted by Crippen LogP contribution is 2.33. The Hall–Kier alpha value is -0.0800. The standard InChI is InChI=1S/C15H25IN4S/c1-6-17-14-11(16)12(15(2,3)4)18-13(19-14)10-9-21-8-7-20(10)5/h10H,6-9H2,1-5H3,(H,17,18,19). The van der Waals surface area contributed by atoms with Gasteiger partial charge in [-0.25, -0.2) is 9.97 Å². The predicted molar refractivity (Wildman–Crippen MR) is 100 cm³/mol. The first kappa shape index (κ1) is 17.3. The van der Waals surface area contributed by atoms with Gasteiger partial charge in [-0.05, 0) is 36.6 Å². The summed E-state index contributed by atoms with van der Waals surface area (Å²) in [7, 11) is 2.18. The van der Waals surface area contributed by atoms with Crippen molar-refractivity contribution >= 4 is 40.2 Å². The topological polar surface area (TPSA) is 41.1 Å². The molecular formula is C15H25IN4S. The minimum absolute atomic E-state index is 0.0266. The minimum Gasteiger partial charge on any atom is -0.369 e. The van der Waals surface area contributed by atoms with Gasteiger partial charge in [-0.15, -0.1) is 0 Å². The number of hydrogen-bond acceptors (Lipinski definition) is 5. The summed E-state index contributed by atoms with van der Waals surface area (Å²) in [5, 5.41) is 3.40. The summed E-state index contributed by atoms with van der Waals surface area (Å²) < 4.78 is 1.15. The fourth-order valence-electron chi connectivity index (χ4n) is 2.35. The summed E-state index contributed by atoms with van der Waals surface area (Å²) in [6.45, 7) is 10.7. The van der Waals surface area contributed by atoms with E-state index in [1.54, 1.807) is 0 Å². The van der Waals surface area contributed by atoms with Crippen LogP contribution in [0, 0.1) is 3.57 Å². The van der Waals surface area contributed by atoms with Crippen molar-refractivity contribution in [1.29, 1.82) is 0 Å². The van der Waals surface area contributed by atoms with E-state index in [0.29, 0.717) is 6.04 Å². The van der Waals surface area contributed by atoms with Crippen LogP contribution in [-0.2, 0) is 5.41 Å². The molecule has 1 atom stereocenters. The van der Waals surface area contributed by atoms with Gasteiger partial charge < -0.3 is 5.32 Å². The van der Waals surface area contributed by atoms with Crippen molar-refractivity contribution in [2.45, 2.75) is 39.2 Å². The van der Waals surface area contributed by atoms with Crippen molar-refractivity contribution in [3.05, 3.63) is 15.1 Å². The number of anilines is 1. The first-order valence-electron chi connectivity index (χ1n) is 7.44. The molecular weight excluding hydrogens is 395 g/mol. The van der Waals surface area contributed by atoms with Gasteiger partial charge in [0, 0.05) is 30.0 Å². The number of thioether (sulfide) groups is 1. The molecule has 0 saturated carbocycles. The van der Waals surface area contributed by atoms with E-state index in [-0.39, 0.29) is 5.41 Å². The average Bonchev–Trinajstić information content (AvgIpc) is 2.41. The quantitative estimate of drug-likeness (QED) is 0.758. The van der Waals surface area contributed by atoms with Crippen molar-refractivity contribution < 1.29 is 0 Å². The highest BCUT2D eigenvalue weighted by Gasteiger charge is 2.28. The molecule has 0 bridgehead atoms. The molecule has 4 nitrogen and oxygen atoms in total. The summed E-state index contributed by atoms with van der Waals surface area (Å²) in [5.41, 5.74) is 1.17. The van der Waals surface area contributed by atoms with E-state index in [9.17, 15) is 0 Å². The summed E-state index contributed by atoms with van der Waals surface area (Å²) >= 11 is 4.37. The van der Waals surface area contributed by atoms with Crippen LogP contribution in [0.1, 0.15) is 45.3 Å². The van der Waals surface area contributed by atoms with E-state index in [2.05, 4.69) is 67.6 Å². The Morgan fingerprint density at radius 1 is 1.38 bits per heavy atom. The fourth-order valence-corrected chi connectivity index (χ4v) is 4.80. The number of aromatic nitrogens is 2. The molecule has 1 saturated heterocycles. The first-order valence-corrected chi connectivity index (χ1v) is 9.67. The molecule has 0 spiro atoms. The largest absolute Gasteiger partial charge is 0.369 e. The van der Waals surface area contributed by atoms with Crippen LogP contribution in [0.3, 0.4) is 0 Å². The number of nitrogens with one attached hydrogen (secondary N) is 1. The molecule has 6 heteroatoms. The summed E-state index contributed by atoms with van der Waals surface area (Å²) in [4.78, 5) is 12.1. The number of halogens is 1. The lowest BCUT2D eigenvalue weighted by Gasteiger charge is -2.32. The van der Waals surface area contributed by atoms with Gasteiger partial charge in [-0.1, -0.05) is 20.8 Å². The van der Waals surface area contributed by atoms with Crippen LogP contribution in [0.25, 0.3) is 0 Å². The molecule has 2 heterocycles. The van der Waals surface area contributed by atoms with Crippen molar-refractivity contribution in [2.24, 2.45) is 0 Å². The first-order chi connectivity index (χ1) is 9.84. The Bertz CT molecular complexity index is 501. The maximum absolute atomic E-state index is 4.95. The second-order valence-electron chi connectivity index (χ2n) is 6.44. The molecule has 1 aromatic rings. The van der Waals surface area contributed by atoms with E-state index >= 15 is 0 Å². The summed E-state index contributed by atoms with van der Waals surface area (Å²) in [6, 6.07) is 0.319. The van der Waals surface area contributed by atoms with E-state index < -0.39 is 0 Å². The molecule has 1 N–H and O–H groups in total. The zero-order valence-electron chi connectivity index (χ0n) is 13.5. The molecule has 21 heavy (non-hydrogen) atoms. The van der Waals surface area contributed by atoms with Crippen molar-refractivity contribution in [1.82, 2.24) is 14.9 Å². The third-order valence-corrected chi connectivity index (χ3v) is 5.66. The Balaban J connectivity index is 2.48. The van der Waals surface area contributed by atoms with Gasteiger partial charge in [0.15, 0.2) is 0 Å². The Labute approximate surface area is 146 Å². The maximum Gasteiger partial charge on any atom is 0.149 e. The van der Waals surface area contributed by atoms with Gasteiger partial charge in [-0.3, -0.25) is 4.90 Å². The van der Waals surface area contributed by atoms with Crippen LogP contribution in [0.2, 0.25) is 0 Å². The second-order valence-corrected chi connectivity index (χ2v) is 8.67. The molecule has 1 aromatic heterocycles. The molecule has 1 unspecified atom stereocenters. The van der Waals surface area contributed by atoms with E-state index in [1.807, 2.05) is 11.8 Å². The molecule has 1 aliphatic rings. The van der Waals surface area contributed by atoms with E-state index in [4.69, 9.17) is 9.97 Å². The Kier molecular flexibility index (Phi) is 5.76. The molecule has 1 fully saturated rings. The van der Waals surface area contributed by atoms with Crippen LogP contribution in [0.4, 0.5) is 5.82 Å². The Morgan fingerprint density at radius 3 is 2.67 bits per heavy atom. The Morgan fingerprint density at radius 2 is 2.10 bits per heavy atom.